The van der Waals surface area contributed by atoms with Gasteiger partial charge in [-0.3, -0.25) is 72.3 Å². The van der Waals surface area contributed by atoms with Crippen molar-refractivity contribution in [3.8, 4) is 0 Å². The predicted octanol–water partition coefficient (Wildman–Crippen LogP) is -1.72. The Balaban J connectivity index is 2.15. The van der Waals surface area contributed by atoms with Gasteiger partial charge in [0.1, 0.15) is 36.3 Å². The molecule has 0 saturated carbocycles. The molecule has 37 nitrogen and oxygen atoms in total. The van der Waals surface area contributed by atoms with Crippen LogP contribution in [-0.4, -0.2) is 297 Å². The molecule has 572 valence electrons. The van der Waals surface area contributed by atoms with Gasteiger partial charge in [-0.05, 0) is 78.8 Å². The van der Waals surface area contributed by atoms with Crippen LogP contribution in [0.5, 0.6) is 0 Å². The number of urea groups is 1. The Hall–Kier alpha value is -9.47. The summed E-state index contributed by atoms with van der Waals surface area (Å²) in [6.07, 6.45) is -4.25. The van der Waals surface area contributed by atoms with E-state index in [1.807, 2.05) is 10.6 Å². The molecule has 1 saturated heterocycles. The first-order valence-electron chi connectivity index (χ1n) is 33.0. The number of benzene rings is 1. The van der Waals surface area contributed by atoms with Crippen LogP contribution >= 0.6 is 0 Å². The van der Waals surface area contributed by atoms with Gasteiger partial charge in [0.05, 0.1) is 19.6 Å². The Morgan fingerprint density at radius 3 is 1.21 bits per heavy atom. The summed E-state index contributed by atoms with van der Waals surface area (Å²) in [6.45, 7) is 8.44. The minimum Gasteiger partial charge on any atom is -0.481 e. The number of carbonyl (C=O) groups is 16. The number of unbranched alkanes of at least 4 members (excludes halogenated alkanes) is 1. The van der Waals surface area contributed by atoms with Crippen molar-refractivity contribution in [2.75, 3.05) is 91.6 Å². The van der Waals surface area contributed by atoms with Crippen molar-refractivity contribution in [3.05, 3.63) is 29.8 Å². The Morgan fingerprint density at radius 2 is 0.794 bits per heavy atom. The van der Waals surface area contributed by atoms with Crippen LogP contribution in [0.2, 0.25) is 10.1 Å². The summed E-state index contributed by atoms with van der Waals surface area (Å²) in [5.74, 6) is -17.5. The highest BCUT2D eigenvalue weighted by atomic mass is 28.4. The van der Waals surface area contributed by atoms with E-state index in [2.05, 4.69) is 31.9 Å². The zero-order valence-electron chi connectivity index (χ0n) is 58.1. The van der Waals surface area contributed by atoms with Crippen molar-refractivity contribution >= 4 is 109 Å². The Bertz CT molecular complexity index is 3050. The molecule has 1 aliphatic heterocycles. The molecule has 0 aromatic heterocycles. The molecular weight excluding hydrogens is 1370 g/mol. The molecule has 1 aliphatic rings. The number of hydrogen-bond donors (Lipinski definition) is 17. The monoisotopic (exact) mass is 1470 g/mol. The summed E-state index contributed by atoms with van der Waals surface area (Å²) in [6, 6.07) is -5.18. The second kappa shape index (κ2) is 43.4. The number of carboxylic acid groups (broad SMARTS) is 9. The van der Waals surface area contributed by atoms with Gasteiger partial charge in [0.25, 0.3) is 14.3 Å². The molecule has 1 aromatic carbocycles. The number of carbonyl (C=O) groups excluding carboxylic acids is 7. The SMILES string of the molecule is CC(C)(C)[Si](F)(c1ccc(C(=O)NCC(NC(=O)CCC(C(=O)O)N2CCN(CC(=O)O)CCN(CC(=O)O)CCN(CC(=O)O)CC2)C(=O)NC(CCCCNC(=O)CCC(=O)NCCCC(NC(=O)CCC(NC(=O)NC(CCC(=O)O)C(=O)O)C(=O)O)C(=O)O)C(=O)O)cc1)C(C)(C)C. The Labute approximate surface area is 588 Å². The van der Waals surface area contributed by atoms with Crippen molar-refractivity contribution in [1.29, 1.82) is 0 Å². The zero-order chi connectivity index (χ0) is 77.2. The van der Waals surface area contributed by atoms with E-state index in [1.165, 1.54) is 43.9 Å². The molecule has 1 aromatic rings. The number of hydrogen-bond acceptors (Lipinski definition) is 20. The first-order valence-corrected chi connectivity index (χ1v) is 34.9. The second-order valence-corrected chi connectivity index (χ2v) is 31.5. The zero-order valence-corrected chi connectivity index (χ0v) is 59.1. The van der Waals surface area contributed by atoms with Crippen molar-refractivity contribution < 1.29 is 127 Å². The normalized spacial score (nSPS) is 15.6. The maximum Gasteiger partial charge on any atom is 0.326 e. The number of nitrogens with one attached hydrogen (secondary N) is 8. The van der Waals surface area contributed by atoms with E-state index in [1.54, 1.807) is 41.5 Å². The molecule has 1 fully saturated rings. The molecule has 0 bridgehead atoms. The van der Waals surface area contributed by atoms with Crippen LogP contribution in [0, 0.1) is 0 Å². The van der Waals surface area contributed by atoms with Crippen molar-refractivity contribution in [2.45, 2.75) is 171 Å². The maximum atomic E-state index is 17.1. The number of carboxylic acids is 9. The topological polar surface area (TPSA) is 564 Å². The molecule has 2 rings (SSSR count). The lowest BCUT2D eigenvalue weighted by Gasteiger charge is -2.44. The van der Waals surface area contributed by atoms with E-state index in [4.69, 9.17) is 5.11 Å². The molecule has 0 radical (unpaired) electrons. The lowest BCUT2D eigenvalue weighted by Crippen LogP contribution is -2.58. The smallest absolute Gasteiger partial charge is 0.326 e. The van der Waals surface area contributed by atoms with Gasteiger partial charge in [-0.1, -0.05) is 53.7 Å². The van der Waals surface area contributed by atoms with E-state index in [9.17, 15) is 118 Å². The molecule has 6 atom stereocenters. The summed E-state index contributed by atoms with van der Waals surface area (Å²) < 4.78 is 17.1. The van der Waals surface area contributed by atoms with E-state index >= 15 is 4.11 Å². The minimum absolute atomic E-state index is 0.00207. The van der Waals surface area contributed by atoms with Gasteiger partial charge in [-0.2, -0.15) is 0 Å². The average Bonchev–Trinajstić information content (AvgIpc) is 0.748. The molecule has 102 heavy (non-hydrogen) atoms. The standard InChI is InChI=1S/C63H99FN12O25Si/c1-62(2,3)102(64,63(4,5)6)39-14-12-38(13-15-39)54(89)67-34-44(69-49(80)20-18-45(60(99)100)76-32-30-74(36-52(85)86)28-26-73(35-51(83)84)27-29-75(31-33-76)37-53(87)88)55(90)70-41(57(93)94)10-7-8-24-65-46(77)21-22-47(78)66-25-9-11-40(56(91)92)68-48(79)19-16-42(58(95)96)71-61(101)72-43(59(97)98)17-23-50(81)82/h12-15,40-45H,7-11,16-37H2,1-6H3,(H,65,77)(H,66,78)(H,67,89)(H,68,79)(H,69,80)(H,70,90)(H,81,82)(H,83,84)(H,85,86)(H,87,88)(H,91,92)(H,93,94)(H,95,96)(H,97,98)(H,99,100)(H2,71,72,101). The molecule has 8 amide bonds. The lowest BCUT2D eigenvalue weighted by atomic mass is 10.1. The van der Waals surface area contributed by atoms with Gasteiger partial charge in [0.15, 0.2) is 0 Å². The van der Waals surface area contributed by atoms with Crippen LogP contribution in [0.4, 0.5) is 8.90 Å². The van der Waals surface area contributed by atoms with E-state index < -0.39 is 215 Å². The Morgan fingerprint density at radius 1 is 0.412 bits per heavy atom. The molecule has 6 unspecified atom stereocenters. The highest BCUT2D eigenvalue weighted by Gasteiger charge is 2.56. The second-order valence-electron chi connectivity index (χ2n) is 26.6. The third kappa shape index (κ3) is 32.9. The number of halogens is 1. The first kappa shape index (κ1) is 88.6. The third-order valence-corrected chi connectivity index (χ3v) is 21.9. The van der Waals surface area contributed by atoms with Crippen molar-refractivity contribution in [2.24, 2.45) is 0 Å². The number of amides is 8. The molecule has 39 heteroatoms. The van der Waals surface area contributed by atoms with Gasteiger partial charge in [0.2, 0.25) is 29.5 Å². The van der Waals surface area contributed by atoms with E-state index in [0.29, 0.717) is 5.19 Å². The highest BCUT2D eigenvalue weighted by Crippen LogP contribution is 2.51. The van der Waals surface area contributed by atoms with Crippen molar-refractivity contribution in [3.63, 3.8) is 0 Å². The van der Waals surface area contributed by atoms with E-state index in [0.717, 1.165) is 0 Å². The van der Waals surface area contributed by atoms with Crippen LogP contribution in [0.3, 0.4) is 0 Å². The van der Waals surface area contributed by atoms with E-state index in [-0.39, 0.29) is 116 Å². The van der Waals surface area contributed by atoms with Gasteiger partial charge in [-0.25, -0.2) is 24.0 Å². The number of rotatable bonds is 43. The predicted molar refractivity (Wildman–Crippen MR) is 359 cm³/mol. The van der Waals surface area contributed by atoms with Gasteiger partial charge in [0, 0.05) is 110 Å². The fraction of sp³-hybridized carbons (Fsp3) is 0.651. The molecule has 1 heterocycles. The minimum atomic E-state index is -3.77. The number of nitrogens with zero attached hydrogens (tertiary/aromatic N) is 4. The van der Waals surface area contributed by atoms with Gasteiger partial charge >= 0.3 is 59.8 Å². The number of aliphatic carboxylic acids is 9. The largest absolute Gasteiger partial charge is 0.481 e. The summed E-state index contributed by atoms with van der Waals surface area (Å²) >= 11 is 0. The fourth-order valence-corrected chi connectivity index (χ4v) is 16.0. The lowest BCUT2D eigenvalue weighted by molar-refractivity contribution is -0.145. The summed E-state index contributed by atoms with van der Waals surface area (Å²) in [7, 11) is -3.77. The average molecular weight is 1470 g/mol. The quantitative estimate of drug-likeness (QED) is 0.0197. The van der Waals surface area contributed by atoms with Crippen LogP contribution in [-0.2, 0) is 67.1 Å². The van der Waals surface area contributed by atoms with Crippen molar-refractivity contribution in [1.82, 2.24) is 62.1 Å². The molecular formula is C63H99FN12O25Si. The first-order chi connectivity index (χ1) is 47.5. The van der Waals surface area contributed by atoms with Crippen LogP contribution in [0.25, 0.3) is 0 Å². The molecule has 17 N–H and O–H groups in total. The summed E-state index contributed by atoms with van der Waals surface area (Å²) in [5.41, 5.74) is 0.0380. The highest BCUT2D eigenvalue weighted by molar-refractivity contribution is 6.90. The fourth-order valence-electron chi connectivity index (χ4n) is 11.4. The maximum absolute atomic E-state index is 17.1. The Kier molecular flexibility index (Phi) is 37.7. The van der Waals surface area contributed by atoms with Gasteiger partial charge < -0.3 is 92.6 Å². The van der Waals surface area contributed by atoms with Crippen LogP contribution in [0.15, 0.2) is 24.3 Å². The van der Waals surface area contributed by atoms with Gasteiger partial charge in [-0.15, -0.1) is 0 Å². The summed E-state index contributed by atoms with van der Waals surface area (Å²) in [4.78, 5) is 205. The molecule has 0 spiro atoms. The third-order valence-electron chi connectivity index (χ3n) is 16.6. The molecule has 0 aliphatic carbocycles. The summed E-state index contributed by atoms with van der Waals surface area (Å²) in [5, 5.41) is 104. The van der Waals surface area contributed by atoms with Crippen LogP contribution in [0.1, 0.15) is 135 Å². The van der Waals surface area contributed by atoms with Crippen LogP contribution < -0.4 is 47.7 Å².